The van der Waals surface area contributed by atoms with Crippen LogP contribution in [0.5, 0.6) is 0 Å². The SMILES string of the molecule is CC(=O)O.CSC(C)(C)[C@H](N)C(=O)N1CCC(Cn2cccn2)CC1. The van der Waals surface area contributed by atoms with Crippen LogP contribution in [0.4, 0.5) is 0 Å². The van der Waals surface area contributed by atoms with Gasteiger partial charge in [0.2, 0.25) is 5.91 Å². The lowest BCUT2D eigenvalue weighted by Crippen LogP contribution is -2.54. The van der Waals surface area contributed by atoms with Gasteiger partial charge in [0.15, 0.2) is 0 Å². The molecular formula is C17H30N4O3S. The van der Waals surface area contributed by atoms with Gasteiger partial charge in [-0.3, -0.25) is 14.3 Å². The molecule has 25 heavy (non-hydrogen) atoms. The molecule has 142 valence electrons. The van der Waals surface area contributed by atoms with Crippen molar-refractivity contribution in [2.45, 2.75) is 50.9 Å². The third-order valence-corrected chi connectivity index (χ3v) is 5.78. The molecule has 0 unspecified atom stereocenters. The second kappa shape index (κ2) is 9.82. The van der Waals surface area contributed by atoms with Crippen molar-refractivity contribution in [3.05, 3.63) is 18.5 Å². The summed E-state index contributed by atoms with van der Waals surface area (Å²) in [4.78, 5) is 23.4. The standard InChI is InChI=1S/C15H26N4OS.C2H4O2/c1-15(2,21-3)13(16)14(20)18-9-5-12(6-10-18)11-19-8-4-7-17-19;1-2(3)4/h4,7-8,12-13H,5-6,9-11,16H2,1-3H3;1H3,(H,3,4)/t13-;/m1./s1. The number of likely N-dealkylation sites (tertiary alicyclic amines) is 1. The highest BCUT2D eigenvalue weighted by Gasteiger charge is 2.35. The Morgan fingerprint density at radius 1 is 1.40 bits per heavy atom. The van der Waals surface area contributed by atoms with E-state index < -0.39 is 12.0 Å². The molecule has 1 aliphatic rings. The Balaban J connectivity index is 0.000000705. The first kappa shape index (κ1) is 21.5. The molecule has 7 nitrogen and oxygen atoms in total. The van der Waals surface area contributed by atoms with Crippen molar-refractivity contribution in [3.8, 4) is 0 Å². The number of carbonyl (C=O) groups excluding carboxylic acids is 1. The molecule has 0 bridgehead atoms. The largest absolute Gasteiger partial charge is 0.481 e. The first-order valence-electron chi connectivity index (χ1n) is 8.44. The fourth-order valence-electron chi connectivity index (χ4n) is 2.63. The number of nitrogens with zero attached hydrogens (tertiary/aromatic N) is 3. The number of hydrogen-bond acceptors (Lipinski definition) is 5. The molecule has 1 aliphatic heterocycles. The molecule has 1 fully saturated rings. The molecule has 0 radical (unpaired) electrons. The fourth-order valence-corrected chi connectivity index (χ4v) is 2.98. The minimum atomic E-state index is -0.833. The summed E-state index contributed by atoms with van der Waals surface area (Å²) in [5.74, 6) is -0.148. The van der Waals surface area contributed by atoms with Gasteiger partial charge < -0.3 is 15.7 Å². The van der Waals surface area contributed by atoms with Gasteiger partial charge in [-0.05, 0) is 44.9 Å². The fraction of sp³-hybridized carbons (Fsp3) is 0.706. The summed E-state index contributed by atoms with van der Waals surface area (Å²) in [6.45, 7) is 7.71. The Labute approximate surface area is 153 Å². The van der Waals surface area contributed by atoms with E-state index in [0.29, 0.717) is 5.92 Å². The van der Waals surface area contributed by atoms with Gasteiger partial charge in [-0.1, -0.05) is 0 Å². The maximum Gasteiger partial charge on any atom is 0.300 e. The Kier molecular flexibility index (Phi) is 8.44. The van der Waals surface area contributed by atoms with Crippen LogP contribution in [-0.2, 0) is 16.1 Å². The first-order valence-corrected chi connectivity index (χ1v) is 9.66. The minimum absolute atomic E-state index is 0.0897. The molecule has 2 rings (SSSR count). The van der Waals surface area contributed by atoms with Crippen LogP contribution in [-0.4, -0.2) is 61.8 Å². The molecule has 0 saturated carbocycles. The number of carboxylic acid groups (broad SMARTS) is 1. The number of aromatic nitrogens is 2. The third-order valence-electron chi connectivity index (χ3n) is 4.47. The van der Waals surface area contributed by atoms with Crippen LogP contribution in [0.1, 0.15) is 33.6 Å². The van der Waals surface area contributed by atoms with E-state index in [1.54, 1.807) is 11.8 Å². The molecule has 0 aliphatic carbocycles. The van der Waals surface area contributed by atoms with Crippen LogP contribution >= 0.6 is 11.8 Å². The highest BCUT2D eigenvalue weighted by molar-refractivity contribution is 8.00. The quantitative estimate of drug-likeness (QED) is 0.818. The van der Waals surface area contributed by atoms with E-state index in [1.165, 1.54) is 0 Å². The average Bonchev–Trinajstić information content (AvgIpc) is 3.06. The van der Waals surface area contributed by atoms with Crippen molar-refractivity contribution in [2.24, 2.45) is 11.7 Å². The number of carboxylic acids is 1. The van der Waals surface area contributed by atoms with E-state index in [-0.39, 0.29) is 10.7 Å². The monoisotopic (exact) mass is 370 g/mol. The maximum atomic E-state index is 12.5. The Morgan fingerprint density at radius 3 is 2.40 bits per heavy atom. The molecule has 2 heterocycles. The van der Waals surface area contributed by atoms with Gasteiger partial charge in [0.25, 0.3) is 5.97 Å². The number of hydrogen-bond donors (Lipinski definition) is 2. The van der Waals surface area contributed by atoms with Gasteiger partial charge in [-0.25, -0.2) is 0 Å². The summed E-state index contributed by atoms with van der Waals surface area (Å²) in [5.41, 5.74) is 6.15. The van der Waals surface area contributed by atoms with Gasteiger partial charge in [0.1, 0.15) is 0 Å². The van der Waals surface area contributed by atoms with Gasteiger partial charge >= 0.3 is 0 Å². The summed E-state index contributed by atoms with van der Waals surface area (Å²) < 4.78 is 1.76. The van der Waals surface area contributed by atoms with Gasteiger partial charge in [-0.15, -0.1) is 0 Å². The molecule has 0 spiro atoms. The zero-order valence-corrected chi connectivity index (χ0v) is 16.3. The lowest BCUT2D eigenvalue weighted by Gasteiger charge is -2.37. The second-order valence-corrected chi connectivity index (χ2v) is 8.26. The van der Waals surface area contributed by atoms with Crippen LogP contribution in [0.15, 0.2) is 18.5 Å². The van der Waals surface area contributed by atoms with Crippen molar-refractivity contribution >= 4 is 23.6 Å². The van der Waals surface area contributed by atoms with Crippen molar-refractivity contribution < 1.29 is 14.7 Å². The molecule has 1 atom stereocenters. The zero-order chi connectivity index (χ0) is 19.0. The van der Waals surface area contributed by atoms with E-state index in [9.17, 15) is 4.79 Å². The summed E-state index contributed by atoms with van der Waals surface area (Å²) in [5, 5.41) is 11.7. The van der Waals surface area contributed by atoms with Crippen LogP contribution in [0.2, 0.25) is 0 Å². The number of rotatable bonds is 5. The Bertz CT molecular complexity index is 536. The lowest BCUT2D eigenvalue weighted by atomic mass is 9.95. The van der Waals surface area contributed by atoms with Crippen LogP contribution < -0.4 is 5.73 Å². The van der Waals surface area contributed by atoms with E-state index in [0.717, 1.165) is 39.4 Å². The van der Waals surface area contributed by atoms with Gasteiger partial charge in [0.05, 0.1) is 6.04 Å². The third kappa shape index (κ3) is 7.07. The van der Waals surface area contributed by atoms with Crippen LogP contribution in [0.25, 0.3) is 0 Å². The predicted molar refractivity (Wildman–Crippen MR) is 100 cm³/mol. The van der Waals surface area contributed by atoms with Gasteiger partial charge in [0, 0.05) is 43.7 Å². The van der Waals surface area contributed by atoms with Crippen LogP contribution in [0, 0.1) is 5.92 Å². The lowest BCUT2D eigenvalue weighted by molar-refractivity contribution is -0.135. The summed E-state index contributed by atoms with van der Waals surface area (Å²) >= 11 is 1.65. The highest BCUT2D eigenvalue weighted by atomic mass is 32.2. The summed E-state index contributed by atoms with van der Waals surface area (Å²) in [6, 6.07) is 1.51. The van der Waals surface area contributed by atoms with Crippen molar-refractivity contribution in [1.29, 1.82) is 0 Å². The first-order chi connectivity index (χ1) is 11.7. The van der Waals surface area contributed by atoms with E-state index in [1.807, 2.05) is 48.1 Å². The molecule has 1 saturated heterocycles. The van der Waals surface area contributed by atoms with Crippen LogP contribution in [0.3, 0.4) is 0 Å². The van der Waals surface area contributed by atoms with Crippen molar-refractivity contribution in [2.75, 3.05) is 19.3 Å². The zero-order valence-electron chi connectivity index (χ0n) is 15.5. The van der Waals surface area contributed by atoms with Gasteiger partial charge in [-0.2, -0.15) is 16.9 Å². The van der Waals surface area contributed by atoms with E-state index in [4.69, 9.17) is 15.6 Å². The molecule has 3 N–H and O–H groups in total. The number of thioether (sulfide) groups is 1. The molecule has 8 heteroatoms. The number of piperidine rings is 1. The number of amides is 1. The second-order valence-electron chi connectivity index (χ2n) is 6.80. The minimum Gasteiger partial charge on any atom is -0.481 e. The Hall–Kier alpha value is -1.54. The van der Waals surface area contributed by atoms with Crippen molar-refractivity contribution in [3.63, 3.8) is 0 Å². The van der Waals surface area contributed by atoms with E-state index in [2.05, 4.69) is 5.10 Å². The average molecular weight is 371 g/mol. The topological polar surface area (TPSA) is 101 Å². The summed E-state index contributed by atoms with van der Waals surface area (Å²) in [6.07, 6.45) is 7.86. The normalized spacial score (nSPS) is 16.8. The molecule has 1 aromatic rings. The maximum absolute atomic E-state index is 12.5. The highest BCUT2D eigenvalue weighted by Crippen LogP contribution is 2.27. The number of nitrogens with two attached hydrogens (primary N) is 1. The molecule has 1 aromatic heterocycles. The predicted octanol–water partition coefficient (Wildman–Crippen LogP) is 1.68. The number of carbonyl (C=O) groups is 2. The Morgan fingerprint density at radius 2 is 1.96 bits per heavy atom. The smallest absolute Gasteiger partial charge is 0.300 e. The van der Waals surface area contributed by atoms with E-state index >= 15 is 0 Å². The molecule has 1 amide bonds. The summed E-state index contributed by atoms with van der Waals surface area (Å²) in [7, 11) is 0. The number of aliphatic carboxylic acids is 1. The molecule has 0 aromatic carbocycles. The molecular weight excluding hydrogens is 340 g/mol. The van der Waals surface area contributed by atoms with Crippen molar-refractivity contribution in [1.82, 2.24) is 14.7 Å².